The molecular formula is C16H17BrFN. The maximum absolute atomic E-state index is 13.6. The van der Waals surface area contributed by atoms with Gasteiger partial charge in [0.05, 0.1) is 0 Å². The van der Waals surface area contributed by atoms with E-state index in [1.807, 2.05) is 13.0 Å². The van der Waals surface area contributed by atoms with Crippen molar-refractivity contribution < 1.29 is 4.39 Å². The summed E-state index contributed by atoms with van der Waals surface area (Å²) in [4.78, 5) is 0. The number of anilines is 1. The third kappa shape index (κ3) is 3.35. The zero-order valence-electron chi connectivity index (χ0n) is 11.3. The van der Waals surface area contributed by atoms with Crippen molar-refractivity contribution >= 4 is 21.6 Å². The number of halogens is 2. The molecule has 1 N–H and O–H groups in total. The van der Waals surface area contributed by atoms with Gasteiger partial charge in [-0.05, 0) is 50.1 Å². The molecule has 0 aliphatic carbocycles. The zero-order chi connectivity index (χ0) is 14.0. The fourth-order valence-corrected chi connectivity index (χ4v) is 2.31. The summed E-state index contributed by atoms with van der Waals surface area (Å²) < 4.78 is 14.8. The van der Waals surface area contributed by atoms with Crippen molar-refractivity contribution in [3.63, 3.8) is 0 Å². The van der Waals surface area contributed by atoms with Gasteiger partial charge in [0.2, 0.25) is 0 Å². The van der Waals surface area contributed by atoms with E-state index in [9.17, 15) is 4.39 Å². The highest BCUT2D eigenvalue weighted by molar-refractivity contribution is 9.10. The average molecular weight is 322 g/mol. The van der Waals surface area contributed by atoms with Crippen LogP contribution in [0, 0.1) is 26.6 Å². The molecule has 0 atom stereocenters. The average Bonchev–Trinajstić information content (AvgIpc) is 2.37. The van der Waals surface area contributed by atoms with E-state index in [0.29, 0.717) is 12.1 Å². The number of aryl methyl sites for hydroxylation is 3. The second-order valence-corrected chi connectivity index (χ2v) is 5.67. The lowest BCUT2D eigenvalue weighted by atomic mass is 10.1. The first-order valence-electron chi connectivity index (χ1n) is 6.23. The lowest BCUT2D eigenvalue weighted by molar-refractivity contribution is 0.612. The molecule has 2 aromatic rings. The second kappa shape index (κ2) is 5.74. The summed E-state index contributed by atoms with van der Waals surface area (Å²) in [5.74, 6) is -0.163. The Morgan fingerprint density at radius 1 is 1.05 bits per heavy atom. The zero-order valence-corrected chi connectivity index (χ0v) is 12.9. The molecule has 0 bridgehead atoms. The number of benzene rings is 2. The SMILES string of the molecule is Cc1ccc(F)c(CNc2cc(C)c(Br)c(C)c2)c1. The van der Waals surface area contributed by atoms with Crippen molar-refractivity contribution in [1.82, 2.24) is 0 Å². The predicted molar refractivity (Wildman–Crippen MR) is 82.1 cm³/mol. The lowest BCUT2D eigenvalue weighted by Crippen LogP contribution is -2.03. The first-order valence-corrected chi connectivity index (χ1v) is 7.02. The highest BCUT2D eigenvalue weighted by Gasteiger charge is 2.05. The third-order valence-electron chi connectivity index (χ3n) is 3.12. The van der Waals surface area contributed by atoms with Gasteiger partial charge < -0.3 is 5.32 Å². The number of hydrogen-bond acceptors (Lipinski definition) is 1. The Labute approximate surface area is 122 Å². The van der Waals surface area contributed by atoms with Crippen LogP contribution >= 0.6 is 15.9 Å². The van der Waals surface area contributed by atoms with Gasteiger partial charge in [0.1, 0.15) is 5.82 Å². The molecule has 0 unspecified atom stereocenters. The lowest BCUT2D eigenvalue weighted by Gasteiger charge is -2.11. The molecule has 100 valence electrons. The predicted octanol–water partition coefficient (Wildman–Crippen LogP) is 5.13. The van der Waals surface area contributed by atoms with Crippen LogP contribution in [0.5, 0.6) is 0 Å². The van der Waals surface area contributed by atoms with E-state index in [0.717, 1.165) is 15.7 Å². The minimum atomic E-state index is -0.163. The Morgan fingerprint density at radius 2 is 1.68 bits per heavy atom. The van der Waals surface area contributed by atoms with Gasteiger partial charge in [-0.3, -0.25) is 0 Å². The van der Waals surface area contributed by atoms with E-state index in [4.69, 9.17) is 0 Å². The Kier molecular flexibility index (Phi) is 4.25. The molecule has 0 heterocycles. The van der Waals surface area contributed by atoms with E-state index in [-0.39, 0.29) is 5.82 Å². The summed E-state index contributed by atoms with van der Waals surface area (Å²) in [6.07, 6.45) is 0. The monoisotopic (exact) mass is 321 g/mol. The normalized spacial score (nSPS) is 10.6. The summed E-state index contributed by atoms with van der Waals surface area (Å²) >= 11 is 3.54. The molecule has 19 heavy (non-hydrogen) atoms. The van der Waals surface area contributed by atoms with Crippen LogP contribution in [0.3, 0.4) is 0 Å². The second-order valence-electron chi connectivity index (χ2n) is 4.87. The van der Waals surface area contributed by atoms with Gasteiger partial charge in [0.15, 0.2) is 0 Å². The van der Waals surface area contributed by atoms with Gasteiger partial charge in [-0.25, -0.2) is 4.39 Å². The van der Waals surface area contributed by atoms with Gasteiger partial charge in [-0.1, -0.05) is 33.6 Å². The van der Waals surface area contributed by atoms with E-state index in [1.165, 1.54) is 17.2 Å². The molecule has 0 aliphatic heterocycles. The van der Waals surface area contributed by atoms with Gasteiger partial charge in [0, 0.05) is 22.3 Å². The Morgan fingerprint density at radius 3 is 2.32 bits per heavy atom. The molecule has 3 heteroatoms. The molecule has 0 radical (unpaired) electrons. The first kappa shape index (κ1) is 14.1. The van der Waals surface area contributed by atoms with Crippen molar-refractivity contribution in [2.24, 2.45) is 0 Å². The molecule has 2 aromatic carbocycles. The van der Waals surface area contributed by atoms with Crippen molar-refractivity contribution in [3.05, 3.63) is 62.9 Å². The molecule has 0 aromatic heterocycles. The molecule has 2 rings (SSSR count). The topological polar surface area (TPSA) is 12.0 Å². The summed E-state index contributed by atoms with van der Waals surface area (Å²) in [6.45, 7) is 6.57. The first-order chi connectivity index (χ1) is 8.97. The van der Waals surface area contributed by atoms with Crippen LogP contribution in [-0.2, 0) is 6.54 Å². The summed E-state index contributed by atoms with van der Waals surface area (Å²) in [5.41, 5.74) is 5.12. The summed E-state index contributed by atoms with van der Waals surface area (Å²) in [5, 5.41) is 3.28. The summed E-state index contributed by atoms with van der Waals surface area (Å²) in [7, 11) is 0. The van der Waals surface area contributed by atoms with Crippen LogP contribution in [-0.4, -0.2) is 0 Å². The highest BCUT2D eigenvalue weighted by atomic mass is 79.9. The van der Waals surface area contributed by atoms with Gasteiger partial charge in [-0.15, -0.1) is 0 Å². The molecule has 0 saturated heterocycles. The van der Waals surface area contributed by atoms with Crippen molar-refractivity contribution in [1.29, 1.82) is 0 Å². The van der Waals surface area contributed by atoms with Gasteiger partial charge >= 0.3 is 0 Å². The molecular weight excluding hydrogens is 305 g/mol. The smallest absolute Gasteiger partial charge is 0.128 e. The molecule has 0 aliphatic rings. The van der Waals surface area contributed by atoms with E-state index in [2.05, 4.69) is 47.2 Å². The molecule has 1 nitrogen and oxygen atoms in total. The summed E-state index contributed by atoms with van der Waals surface area (Å²) in [6, 6.07) is 9.30. The molecule has 0 saturated carbocycles. The molecule has 0 fully saturated rings. The Bertz CT molecular complexity index is 585. The maximum Gasteiger partial charge on any atom is 0.128 e. The number of nitrogens with one attached hydrogen (secondary N) is 1. The quantitative estimate of drug-likeness (QED) is 0.826. The van der Waals surface area contributed by atoms with Crippen LogP contribution in [0.25, 0.3) is 0 Å². The fourth-order valence-electron chi connectivity index (χ4n) is 2.08. The number of rotatable bonds is 3. The molecule has 0 amide bonds. The van der Waals surface area contributed by atoms with E-state index < -0.39 is 0 Å². The standard InChI is InChI=1S/C16H17BrFN/c1-10-4-5-15(18)13(6-10)9-19-14-7-11(2)16(17)12(3)8-14/h4-8,19H,9H2,1-3H3. The maximum atomic E-state index is 13.6. The third-order valence-corrected chi connectivity index (χ3v) is 4.37. The van der Waals surface area contributed by atoms with Gasteiger partial charge in [0.25, 0.3) is 0 Å². The fraction of sp³-hybridized carbons (Fsp3) is 0.250. The van der Waals surface area contributed by atoms with Gasteiger partial charge in [-0.2, -0.15) is 0 Å². The minimum Gasteiger partial charge on any atom is -0.381 e. The van der Waals surface area contributed by atoms with E-state index in [1.54, 1.807) is 6.07 Å². The van der Waals surface area contributed by atoms with Crippen LogP contribution < -0.4 is 5.32 Å². The van der Waals surface area contributed by atoms with E-state index >= 15 is 0 Å². The van der Waals surface area contributed by atoms with Crippen LogP contribution in [0.15, 0.2) is 34.8 Å². The Hall–Kier alpha value is -1.35. The molecule has 0 spiro atoms. The van der Waals surface area contributed by atoms with Crippen LogP contribution in [0.2, 0.25) is 0 Å². The Balaban J connectivity index is 2.17. The van der Waals surface area contributed by atoms with Crippen molar-refractivity contribution in [2.45, 2.75) is 27.3 Å². The largest absolute Gasteiger partial charge is 0.381 e. The van der Waals surface area contributed by atoms with Crippen molar-refractivity contribution in [2.75, 3.05) is 5.32 Å². The van der Waals surface area contributed by atoms with Crippen LogP contribution in [0.1, 0.15) is 22.3 Å². The number of hydrogen-bond donors (Lipinski definition) is 1. The minimum absolute atomic E-state index is 0.163. The van der Waals surface area contributed by atoms with Crippen LogP contribution in [0.4, 0.5) is 10.1 Å². The van der Waals surface area contributed by atoms with Crippen molar-refractivity contribution in [3.8, 4) is 0 Å². The highest BCUT2D eigenvalue weighted by Crippen LogP contribution is 2.25.